The number of aromatic amines is 1. The predicted molar refractivity (Wildman–Crippen MR) is 85.3 cm³/mol. The summed E-state index contributed by atoms with van der Waals surface area (Å²) in [6.45, 7) is 2.93. The number of benzene rings is 1. The van der Waals surface area contributed by atoms with Gasteiger partial charge in [-0.2, -0.15) is 0 Å². The molecule has 1 aromatic carbocycles. The second kappa shape index (κ2) is 5.50. The summed E-state index contributed by atoms with van der Waals surface area (Å²) in [5.41, 5.74) is 1.27. The number of carbonyl (C=O) groups is 1. The standard InChI is InChI=1S/C16H20N4O3/c1-18-6-7-23-14-9-19(8-13(14)18)15(21)10-20-12-5-3-2-4-11(12)17-16(20)22/h2-5,13-14H,6-10H2,1H3,(H,17,22)/t13-,14+/m0/s1. The SMILES string of the molecule is CN1CCO[C@@H]2CN(C(=O)Cn3c(=O)[nH]c4ccccc43)C[C@@H]21. The highest BCUT2D eigenvalue weighted by atomic mass is 16.5. The first-order valence-corrected chi connectivity index (χ1v) is 7.90. The minimum Gasteiger partial charge on any atom is -0.373 e. The van der Waals surface area contributed by atoms with Crippen molar-refractivity contribution in [1.82, 2.24) is 19.4 Å². The molecule has 2 aromatic rings. The number of nitrogens with one attached hydrogen (secondary N) is 1. The third-order valence-corrected chi connectivity index (χ3v) is 4.91. The highest BCUT2D eigenvalue weighted by Gasteiger charge is 2.40. The Hall–Kier alpha value is -2.12. The van der Waals surface area contributed by atoms with E-state index in [0.29, 0.717) is 19.7 Å². The molecule has 1 N–H and O–H groups in total. The molecule has 0 bridgehead atoms. The van der Waals surface area contributed by atoms with Crippen molar-refractivity contribution in [3.63, 3.8) is 0 Å². The van der Waals surface area contributed by atoms with Crippen molar-refractivity contribution < 1.29 is 9.53 Å². The van der Waals surface area contributed by atoms with Crippen LogP contribution in [-0.2, 0) is 16.1 Å². The fraction of sp³-hybridized carbons (Fsp3) is 0.500. The molecule has 0 saturated carbocycles. The number of ether oxygens (including phenoxy) is 1. The zero-order valence-corrected chi connectivity index (χ0v) is 13.1. The zero-order valence-electron chi connectivity index (χ0n) is 13.1. The van der Waals surface area contributed by atoms with Crippen LogP contribution >= 0.6 is 0 Å². The van der Waals surface area contributed by atoms with Crippen LogP contribution in [0.25, 0.3) is 11.0 Å². The molecule has 2 aliphatic heterocycles. The van der Waals surface area contributed by atoms with Crippen LogP contribution in [-0.4, -0.2) is 70.7 Å². The third-order valence-electron chi connectivity index (χ3n) is 4.91. The number of amides is 1. The van der Waals surface area contributed by atoms with Crippen LogP contribution in [0, 0.1) is 0 Å². The van der Waals surface area contributed by atoms with Gasteiger partial charge in [0.25, 0.3) is 0 Å². The molecule has 4 rings (SSSR count). The molecular formula is C16H20N4O3. The van der Waals surface area contributed by atoms with Gasteiger partial charge in [0.2, 0.25) is 5.91 Å². The number of likely N-dealkylation sites (tertiary alicyclic amines) is 1. The summed E-state index contributed by atoms with van der Waals surface area (Å²) in [6.07, 6.45) is 0.0809. The van der Waals surface area contributed by atoms with E-state index in [1.54, 1.807) is 0 Å². The quantitative estimate of drug-likeness (QED) is 0.838. The Labute approximate surface area is 133 Å². The number of likely N-dealkylation sites (N-methyl/N-ethyl adjacent to an activating group) is 1. The van der Waals surface area contributed by atoms with E-state index in [2.05, 4.69) is 16.9 Å². The number of aromatic nitrogens is 2. The molecule has 0 radical (unpaired) electrons. The Morgan fingerprint density at radius 2 is 2.17 bits per heavy atom. The number of imidazole rings is 1. The van der Waals surface area contributed by atoms with Crippen molar-refractivity contribution in [3.05, 3.63) is 34.7 Å². The number of hydrogen-bond acceptors (Lipinski definition) is 4. The normalized spacial score (nSPS) is 25.0. The van der Waals surface area contributed by atoms with Gasteiger partial charge in [-0.15, -0.1) is 0 Å². The number of carbonyl (C=O) groups excluding carboxylic acids is 1. The summed E-state index contributed by atoms with van der Waals surface area (Å²) in [5.74, 6) is -0.0387. The second-order valence-electron chi connectivity index (χ2n) is 6.29. The molecule has 2 atom stereocenters. The van der Waals surface area contributed by atoms with Gasteiger partial charge in [-0.3, -0.25) is 14.3 Å². The first-order valence-electron chi connectivity index (χ1n) is 7.90. The first-order chi connectivity index (χ1) is 11.1. The number of para-hydroxylation sites is 2. The van der Waals surface area contributed by atoms with Gasteiger partial charge in [0.1, 0.15) is 6.54 Å². The van der Waals surface area contributed by atoms with Crippen LogP contribution in [0.15, 0.2) is 29.1 Å². The smallest absolute Gasteiger partial charge is 0.326 e. The summed E-state index contributed by atoms with van der Waals surface area (Å²) in [5, 5.41) is 0. The average Bonchev–Trinajstić information content (AvgIpc) is 3.10. The topological polar surface area (TPSA) is 70.6 Å². The molecule has 122 valence electrons. The van der Waals surface area contributed by atoms with E-state index in [1.807, 2.05) is 29.2 Å². The van der Waals surface area contributed by atoms with E-state index in [9.17, 15) is 9.59 Å². The molecule has 7 heteroatoms. The van der Waals surface area contributed by atoms with Gasteiger partial charge < -0.3 is 14.6 Å². The Balaban J connectivity index is 1.54. The highest BCUT2D eigenvalue weighted by Crippen LogP contribution is 2.22. The van der Waals surface area contributed by atoms with E-state index < -0.39 is 0 Å². The number of rotatable bonds is 2. The molecule has 2 fully saturated rings. The Bertz CT molecular complexity index is 796. The van der Waals surface area contributed by atoms with Crippen molar-refractivity contribution in [2.75, 3.05) is 33.3 Å². The summed E-state index contributed by atoms with van der Waals surface area (Å²) in [7, 11) is 2.07. The molecule has 1 amide bonds. The monoisotopic (exact) mass is 316 g/mol. The Kier molecular flexibility index (Phi) is 3.46. The molecule has 3 heterocycles. The average molecular weight is 316 g/mol. The molecule has 0 spiro atoms. The molecule has 2 saturated heterocycles. The first kappa shape index (κ1) is 14.5. The zero-order chi connectivity index (χ0) is 16.0. The van der Waals surface area contributed by atoms with E-state index in [0.717, 1.165) is 17.6 Å². The van der Waals surface area contributed by atoms with E-state index in [-0.39, 0.29) is 30.3 Å². The molecule has 0 aliphatic carbocycles. The molecule has 7 nitrogen and oxygen atoms in total. The fourth-order valence-electron chi connectivity index (χ4n) is 3.56. The highest BCUT2D eigenvalue weighted by molar-refractivity contribution is 5.80. The number of hydrogen-bond donors (Lipinski definition) is 1. The molecule has 23 heavy (non-hydrogen) atoms. The van der Waals surface area contributed by atoms with Crippen LogP contribution in [0.1, 0.15) is 0 Å². The van der Waals surface area contributed by atoms with Crippen molar-refractivity contribution in [2.24, 2.45) is 0 Å². The van der Waals surface area contributed by atoms with E-state index in [4.69, 9.17) is 4.74 Å². The Morgan fingerprint density at radius 1 is 1.35 bits per heavy atom. The third kappa shape index (κ3) is 2.46. The minimum absolute atomic E-state index is 0.0387. The molecule has 0 unspecified atom stereocenters. The number of fused-ring (bicyclic) bond motifs is 2. The van der Waals surface area contributed by atoms with Crippen molar-refractivity contribution in [1.29, 1.82) is 0 Å². The van der Waals surface area contributed by atoms with Crippen LogP contribution in [0.4, 0.5) is 0 Å². The second-order valence-corrected chi connectivity index (χ2v) is 6.29. The van der Waals surface area contributed by atoms with Crippen molar-refractivity contribution in [3.8, 4) is 0 Å². The maximum Gasteiger partial charge on any atom is 0.326 e. The summed E-state index contributed by atoms with van der Waals surface area (Å²) >= 11 is 0. The molecule has 2 aliphatic rings. The van der Waals surface area contributed by atoms with Gasteiger partial charge in [-0.1, -0.05) is 12.1 Å². The molecular weight excluding hydrogens is 296 g/mol. The van der Waals surface area contributed by atoms with Crippen LogP contribution in [0.5, 0.6) is 0 Å². The lowest BCUT2D eigenvalue weighted by atomic mass is 10.1. The van der Waals surface area contributed by atoms with Gasteiger partial charge in [-0.25, -0.2) is 4.79 Å². The number of H-pyrrole nitrogens is 1. The van der Waals surface area contributed by atoms with Crippen molar-refractivity contribution >= 4 is 16.9 Å². The van der Waals surface area contributed by atoms with Crippen LogP contribution in [0.2, 0.25) is 0 Å². The van der Waals surface area contributed by atoms with Crippen LogP contribution < -0.4 is 5.69 Å². The number of nitrogens with zero attached hydrogens (tertiary/aromatic N) is 3. The van der Waals surface area contributed by atoms with Gasteiger partial charge in [0, 0.05) is 19.6 Å². The predicted octanol–water partition coefficient (Wildman–Crippen LogP) is -0.129. The van der Waals surface area contributed by atoms with Gasteiger partial charge in [0.15, 0.2) is 0 Å². The van der Waals surface area contributed by atoms with Crippen LogP contribution in [0.3, 0.4) is 0 Å². The lowest BCUT2D eigenvalue weighted by Crippen LogP contribution is -2.48. The van der Waals surface area contributed by atoms with Gasteiger partial charge in [-0.05, 0) is 19.2 Å². The molecule has 1 aromatic heterocycles. The minimum atomic E-state index is -0.246. The largest absolute Gasteiger partial charge is 0.373 e. The maximum absolute atomic E-state index is 12.6. The van der Waals surface area contributed by atoms with E-state index in [1.165, 1.54) is 4.57 Å². The Morgan fingerprint density at radius 3 is 3.00 bits per heavy atom. The van der Waals surface area contributed by atoms with Crippen molar-refractivity contribution in [2.45, 2.75) is 18.7 Å². The summed E-state index contributed by atoms with van der Waals surface area (Å²) in [6, 6.07) is 7.67. The van der Waals surface area contributed by atoms with Gasteiger partial charge >= 0.3 is 5.69 Å². The van der Waals surface area contributed by atoms with E-state index >= 15 is 0 Å². The number of morpholine rings is 1. The summed E-state index contributed by atoms with van der Waals surface area (Å²) < 4.78 is 7.28. The van der Waals surface area contributed by atoms with Gasteiger partial charge in [0.05, 0.1) is 29.8 Å². The fourth-order valence-corrected chi connectivity index (χ4v) is 3.56. The summed E-state index contributed by atoms with van der Waals surface area (Å²) in [4.78, 5) is 31.6. The lowest BCUT2D eigenvalue weighted by molar-refractivity contribution is -0.131. The maximum atomic E-state index is 12.6. The lowest BCUT2D eigenvalue weighted by Gasteiger charge is -2.33.